The van der Waals surface area contributed by atoms with Gasteiger partial charge in [0.2, 0.25) is 11.8 Å². The molecule has 0 radical (unpaired) electrons. The van der Waals surface area contributed by atoms with E-state index in [0.717, 1.165) is 81.0 Å². The number of nitrogens with zero attached hydrogens (tertiary/aromatic N) is 3. The van der Waals surface area contributed by atoms with Gasteiger partial charge in [-0.3, -0.25) is 19.7 Å². The minimum absolute atomic E-state index is 0.122. The first kappa shape index (κ1) is 21.5. The summed E-state index contributed by atoms with van der Waals surface area (Å²) in [5, 5.41) is 0.844. The summed E-state index contributed by atoms with van der Waals surface area (Å²) < 4.78 is 11.9. The van der Waals surface area contributed by atoms with Gasteiger partial charge in [0, 0.05) is 37.5 Å². The molecule has 0 spiro atoms. The van der Waals surface area contributed by atoms with E-state index in [1.807, 2.05) is 0 Å². The van der Waals surface area contributed by atoms with Crippen molar-refractivity contribution < 1.29 is 14.3 Å². The molecule has 1 aromatic rings. The van der Waals surface area contributed by atoms with Crippen molar-refractivity contribution in [3.63, 3.8) is 0 Å². The second kappa shape index (κ2) is 9.58. The quantitative estimate of drug-likeness (QED) is 0.553. The number of hydrogen-bond acceptors (Lipinski definition) is 7. The van der Waals surface area contributed by atoms with Gasteiger partial charge in [0.05, 0.1) is 18.8 Å². The first-order valence-electron chi connectivity index (χ1n) is 11.0. The lowest BCUT2D eigenvalue weighted by atomic mass is 9.91. The summed E-state index contributed by atoms with van der Waals surface area (Å²) in [6.07, 6.45) is 6.72. The molecule has 1 aliphatic heterocycles. The van der Waals surface area contributed by atoms with Crippen LogP contribution in [0.1, 0.15) is 60.4 Å². The zero-order valence-electron chi connectivity index (χ0n) is 17.8. The molecule has 0 bridgehead atoms. The molecule has 2 aliphatic carbocycles. The highest BCUT2D eigenvalue weighted by atomic mass is 32.1. The van der Waals surface area contributed by atoms with Crippen LogP contribution in [0.2, 0.25) is 0 Å². The van der Waals surface area contributed by atoms with Gasteiger partial charge in [0.1, 0.15) is 11.1 Å². The Morgan fingerprint density at radius 2 is 2.00 bits per heavy atom. The van der Waals surface area contributed by atoms with Crippen molar-refractivity contribution in [2.45, 2.75) is 63.0 Å². The van der Waals surface area contributed by atoms with E-state index in [1.54, 1.807) is 18.4 Å². The Morgan fingerprint density at radius 3 is 2.63 bits per heavy atom. The molecular weight excluding hydrogens is 400 g/mol. The van der Waals surface area contributed by atoms with Gasteiger partial charge in [-0.05, 0) is 56.7 Å². The van der Waals surface area contributed by atoms with E-state index < -0.39 is 0 Å². The number of ether oxygens (including phenoxy) is 2. The normalized spacial score (nSPS) is 27.6. The predicted molar refractivity (Wildman–Crippen MR) is 120 cm³/mol. The molecule has 0 aromatic carbocycles. The van der Waals surface area contributed by atoms with E-state index in [1.165, 1.54) is 4.88 Å². The second-order valence-electron chi connectivity index (χ2n) is 8.41. The van der Waals surface area contributed by atoms with Crippen LogP contribution in [-0.4, -0.2) is 68.9 Å². The number of amides is 1. The largest absolute Gasteiger partial charge is 0.474 e. The average molecular weight is 433 g/mol. The number of fused-ring (bicyclic) bond motifs is 1. The number of carbonyl (C=O) groups is 1. The number of rotatable bonds is 6. The monoisotopic (exact) mass is 432 g/mol. The van der Waals surface area contributed by atoms with Crippen molar-refractivity contribution in [3.8, 4) is 0 Å². The summed E-state index contributed by atoms with van der Waals surface area (Å²) in [5.41, 5.74) is 7.60. The summed E-state index contributed by atoms with van der Waals surface area (Å²) in [4.78, 5) is 24.2. The number of morpholine rings is 1. The van der Waals surface area contributed by atoms with Crippen molar-refractivity contribution in [3.05, 3.63) is 16.0 Å². The predicted octanol–water partition coefficient (Wildman–Crippen LogP) is 3.02. The Labute approximate surface area is 182 Å². The fourth-order valence-electron chi connectivity index (χ4n) is 5.16. The smallest absolute Gasteiger partial charge is 0.219 e. The van der Waals surface area contributed by atoms with Crippen LogP contribution in [0.4, 0.5) is 5.00 Å². The SMILES string of the molecule is C=Nc1sc2c(c1/C(=N\C)O[C@H]1CC[C@H](N3CCOCC3)CC1)[C@@H](CC(N)=O)CC2. The third kappa shape index (κ3) is 4.45. The molecule has 2 N–H and O–H groups in total. The molecule has 4 rings (SSSR count). The van der Waals surface area contributed by atoms with Crippen LogP contribution in [0.3, 0.4) is 0 Å². The molecule has 164 valence electrons. The van der Waals surface area contributed by atoms with E-state index in [-0.39, 0.29) is 17.9 Å². The molecule has 1 amide bonds. The number of carbonyl (C=O) groups excluding carboxylic acids is 1. The molecule has 0 unspecified atom stereocenters. The van der Waals surface area contributed by atoms with Crippen molar-refractivity contribution in [1.29, 1.82) is 0 Å². The Hall–Kier alpha value is -1.77. The molecule has 1 aromatic heterocycles. The number of nitrogens with two attached hydrogens (primary N) is 1. The number of hydrogen-bond donors (Lipinski definition) is 1. The molecule has 3 aliphatic rings. The fourth-order valence-corrected chi connectivity index (χ4v) is 6.36. The van der Waals surface area contributed by atoms with Gasteiger partial charge < -0.3 is 15.2 Å². The number of primary amides is 1. The zero-order valence-corrected chi connectivity index (χ0v) is 18.6. The maximum atomic E-state index is 11.6. The van der Waals surface area contributed by atoms with Gasteiger partial charge in [-0.1, -0.05) is 0 Å². The number of thiophene rings is 1. The van der Waals surface area contributed by atoms with Gasteiger partial charge >= 0.3 is 0 Å². The van der Waals surface area contributed by atoms with Crippen molar-refractivity contribution in [1.82, 2.24) is 4.90 Å². The lowest BCUT2D eigenvalue weighted by molar-refractivity contribution is -0.118. The average Bonchev–Trinajstić information content (AvgIpc) is 3.32. The first-order chi connectivity index (χ1) is 14.6. The molecule has 7 nitrogen and oxygen atoms in total. The summed E-state index contributed by atoms with van der Waals surface area (Å²) >= 11 is 1.64. The van der Waals surface area contributed by atoms with Crippen LogP contribution < -0.4 is 5.73 Å². The third-order valence-electron chi connectivity index (χ3n) is 6.62. The van der Waals surface area contributed by atoms with Crippen LogP contribution in [0.5, 0.6) is 0 Å². The minimum atomic E-state index is -0.268. The van der Waals surface area contributed by atoms with Crippen LogP contribution in [0.15, 0.2) is 9.98 Å². The first-order valence-corrected chi connectivity index (χ1v) is 11.8. The molecule has 2 fully saturated rings. The van der Waals surface area contributed by atoms with Gasteiger partial charge in [0.25, 0.3) is 0 Å². The number of aliphatic imine (C=N–C) groups is 2. The van der Waals surface area contributed by atoms with Crippen LogP contribution in [0.25, 0.3) is 0 Å². The Bertz CT molecular complexity index is 808. The van der Waals surface area contributed by atoms with Crippen molar-refractivity contribution >= 4 is 34.9 Å². The molecule has 1 saturated heterocycles. The molecular formula is C22H32N4O3S. The maximum Gasteiger partial charge on any atom is 0.219 e. The second-order valence-corrected chi connectivity index (χ2v) is 9.49. The minimum Gasteiger partial charge on any atom is -0.474 e. The third-order valence-corrected chi connectivity index (χ3v) is 7.82. The van der Waals surface area contributed by atoms with E-state index >= 15 is 0 Å². The Balaban J connectivity index is 1.46. The Kier molecular flexibility index (Phi) is 6.85. The van der Waals surface area contributed by atoms with Crippen LogP contribution in [0, 0.1) is 0 Å². The van der Waals surface area contributed by atoms with Gasteiger partial charge in [-0.15, -0.1) is 11.3 Å². The highest BCUT2D eigenvalue weighted by Gasteiger charge is 2.35. The van der Waals surface area contributed by atoms with Gasteiger partial charge in [0.15, 0.2) is 0 Å². The molecule has 1 atom stereocenters. The van der Waals surface area contributed by atoms with E-state index in [0.29, 0.717) is 18.4 Å². The summed E-state index contributed by atoms with van der Waals surface area (Å²) in [5.74, 6) is 0.494. The summed E-state index contributed by atoms with van der Waals surface area (Å²) in [6.45, 7) is 7.52. The highest BCUT2D eigenvalue weighted by molar-refractivity contribution is 7.16. The molecule has 8 heteroatoms. The number of aryl methyl sites for hydroxylation is 1. The van der Waals surface area contributed by atoms with E-state index in [4.69, 9.17) is 15.2 Å². The van der Waals surface area contributed by atoms with Crippen LogP contribution in [-0.2, 0) is 20.7 Å². The summed E-state index contributed by atoms with van der Waals surface area (Å²) in [7, 11) is 1.77. The maximum absolute atomic E-state index is 11.6. The zero-order chi connectivity index (χ0) is 21.1. The molecule has 2 heterocycles. The highest BCUT2D eigenvalue weighted by Crippen LogP contribution is 2.48. The topological polar surface area (TPSA) is 89.5 Å². The van der Waals surface area contributed by atoms with Crippen molar-refractivity contribution in [2.24, 2.45) is 15.7 Å². The van der Waals surface area contributed by atoms with Gasteiger partial charge in [-0.25, -0.2) is 0 Å². The lowest BCUT2D eigenvalue weighted by Crippen LogP contribution is -2.45. The van der Waals surface area contributed by atoms with E-state index in [2.05, 4.69) is 21.6 Å². The standard InChI is InChI=1S/C22H32N4O3S/c1-24-21(29-16-6-4-15(5-7-16)26-9-11-28-12-10-26)20-19-14(13-18(23)27)3-8-17(19)30-22(20)25-2/h14-16H,2-13H2,1H3,(H2,23,27)/b24-21+/t14-,15-,16-/m1/s1. The molecule has 1 saturated carbocycles. The lowest BCUT2D eigenvalue weighted by Gasteiger charge is -2.38. The summed E-state index contributed by atoms with van der Waals surface area (Å²) in [6, 6.07) is 0.631. The Morgan fingerprint density at radius 1 is 1.27 bits per heavy atom. The van der Waals surface area contributed by atoms with Crippen molar-refractivity contribution in [2.75, 3.05) is 33.4 Å². The fraction of sp³-hybridized carbons (Fsp3) is 0.682. The van der Waals surface area contributed by atoms with E-state index in [9.17, 15) is 4.79 Å². The van der Waals surface area contributed by atoms with Gasteiger partial charge in [-0.2, -0.15) is 0 Å². The molecule has 30 heavy (non-hydrogen) atoms. The van der Waals surface area contributed by atoms with Crippen LogP contribution >= 0.6 is 11.3 Å².